The molecule has 0 aliphatic heterocycles. The van der Waals surface area contributed by atoms with Gasteiger partial charge in [-0.25, -0.2) is 4.98 Å². The first-order chi connectivity index (χ1) is 10.1. The average molecular weight is 320 g/mol. The topological polar surface area (TPSA) is 46.4 Å². The zero-order chi connectivity index (χ0) is 15.0. The van der Waals surface area contributed by atoms with Gasteiger partial charge < -0.3 is 9.72 Å². The van der Waals surface area contributed by atoms with Crippen LogP contribution >= 0.6 is 23.2 Å². The van der Waals surface area contributed by atoms with Gasteiger partial charge in [0.2, 0.25) is 0 Å². The molecule has 0 fully saturated rings. The van der Waals surface area contributed by atoms with Crippen LogP contribution in [0.15, 0.2) is 42.6 Å². The third kappa shape index (κ3) is 2.48. The van der Waals surface area contributed by atoms with E-state index in [0.29, 0.717) is 21.4 Å². The number of anilines is 1. The number of nitrogens with zero attached hydrogens (tertiary/aromatic N) is 2. The Hall–Kier alpha value is -2.04. The summed E-state index contributed by atoms with van der Waals surface area (Å²) in [6.07, 6.45) is 1.86. The molecule has 21 heavy (non-hydrogen) atoms. The Morgan fingerprint density at radius 1 is 1.14 bits per heavy atom. The first-order valence-corrected chi connectivity index (χ1v) is 7.02. The molecule has 2 aromatic heterocycles. The number of halogens is 2. The molecule has 3 aromatic rings. The second-order valence-electron chi connectivity index (χ2n) is 4.51. The molecule has 0 saturated heterocycles. The quantitative estimate of drug-likeness (QED) is 0.769. The van der Waals surface area contributed by atoms with Gasteiger partial charge in [-0.1, -0.05) is 35.3 Å². The molecular formula is C15H11Cl2N3O. The summed E-state index contributed by atoms with van der Waals surface area (Å²) in [6, 6.07) is 10.6. The van der Waals surface area contributed by atoms with Crippen molar-refractivity contribution in [3.05, 3.63) is 64.2 Å². The SMILES string of the molecule is Cc1nc(C(=O)Nc2c(Cl)cccc2Cl)c2ccccn12. The van der Waals surface area contributed by atoms with Gasteiger partial charge in [0.1, 0.15) is 5.82 Å². The second-order valence-corrected chi connectivity index (χ2v) is 5.33. The molecule has 4 nitrogen and oxygen atoms in total. The number of imidazole rings is 1. The minimum absolute atomic E-state index is 0.337. The number of rotatable bonds is 2. The van der Waals surface area contributed by atoms with E-state index in [-0.39, 0.29) is 5.91 Å². The number of hydrogen-bond donors (Lipinski definition) is 1. The predicted octanol–water partition coefficient (Wildman–Crippen LogP) is 4.20. The van der Waals surface area contributed by atoms with E-state index in [0.717, 1.165) is 11.3 Å². The van der Waals surface area contributed by atoms with Gasteiger partial charge in [0.15, 0.2) is 5.69 Å². The number of benzene rings is 1. The largest absolute Gasteiger partial charge is 0.318 e. The van der Waals surface area contributed by atoms with Crippen LogP contribution in [0.3, 0.4) is 0 Å². The van der Waals surface area contributed by atoms with Gasteiger partial charge in [0.25, 0.3) is 5.91 Å². The van der Waals surface area contributed by atoms with Crippen molar-refractivity contribution in [3.63, 3.8) is 0 Å². The molecule has 1 N–H and O–H groups in total. The third-order valence-electron chi connectivity index (χ3n) is 3.14. The van der Waals surface area contributed by atoms with Crippen molar-refractivity contribution in [3.8, 4) is 0 Å². The number of para-hydroxylation sites is 1. The van der Waals surface area contributed by atoms with Crippen molar-refractivity contribution < 1.29 is 4.79 Å². The van der Waals surface area contributed by atoms with Crippen LogP contribution in [0.2, 0.25) is 10.0 Å². The fourth-order valence-corrected chi connectivity index (χ4v) is 2.64. The highest BCUT2D eigenvalue weighted by molar-refractivity contribution is 6.40. The lowest BCUT2D eigenvalue weighted by Crippen LogP contribution is -2.13. The average Bonchev–Trinajstić information content (AvgIpc) is 2.81. The minimum Gasteiger partial charge on any atom is -0.318 e. The number of aryl methyl sites for hydroxylation is 1. The maximum absolute atomic E-state index is 12.4. The van der Waals surface area contributed by atoms with E-state index in [4.69, 9.17) is 23.2 Å². The molecule has 0 bridgehead atoms. The Morgan fingerprint density at radius 3 is 2.57 bits per heavy atom. The van der Waals surface area contributed by atoms with Crippen LogP contribution in [0.25, 0.3) is 5.52 Å². The zero-order valence-electron chi connectivity index (χ0n) is 11.1. The highest BCUT2D eigenvalue weighted by Gasteiger charge is 2.17. The van der Waals surface area contributed by atoms with Crippen molar-refractivity contribution in [1.29, 1.82) is 0 Å². The van der Waals surface area contributed by atoms with Crippen LogP contribution in [-0.2, 0) is 0 Å². The molecule has 0 radical (unpaired) electrons. The zero-order valence-corrected chi connectivity index (χ0v) is 12.6. The molecular weight excluding hydrogens is 309 g/mol. The van der Waals surface area contributed by atoms with Crippen molar-refractivity contribution in [2.75, 3.05) is 5.32 Å². The summed E-state index contributed by atoms with van der Waals surface area (Å²) in [7, 11) is 0. The molecule has 3 rings (SSSR count). The van der Waals surface area contributed by atoms with Crippen molar-refractivity contribution in [2.24, 2.45) is 0 Å². The van der Waals surface area contributed by atoms with E-state index < -0.39 is 0 Å². The number of carbonyl (C=O) groups excluding carboxylic acids is 1. The number of fused-ring (bicyclic) bond motifs is 1. The molecule has 0 unspecified atom stereocenters. The monoisotopic (exact) mass is 319 g/mol. The van der Waals surface area contributed by atoms with Gasteiger partial charge in [-0.05, 0) is 31.2 Å². The molecule has 106 valence electrons. The molecule has 1 amide bonds. The van der Waals surface area contributed by atoms with E-state index in [2.05, 4.69) is 10.3 Å². The van der Waals surface area contributed by atoms with Gasteiger partial charge >= 0.3 is 0 Å². The summed E-state index contributed by atoms with van der Waals surface area (Å²) in [6.45, 7) is 1.84. The lowest BCUT2D eigenvalue weighted by molar-refractivity contribution is 0.102. The van der Waals surface area contributed by atoms with E-state index in [1.807, 2.05) is 35.7 Å². The number of hydrogen-bond acceptors (Lipinski definition) is 2. The molecule has 0 spiro atoms. The molecule has 1 aromatic carbocycles. The first-order valence-electron chi connectivity index (χ1n) is 6.27. The minimum atomic E-state index is -0.346. The van der Waals surface area contributed by atoms with Gasteiger partial charge in [-0.2, -0.15) is 0 Å². The summed E-state index contributed by atoms with van der Waals surface area (Å²) >= 11 is 12.1. The molecule has 0 saturated carbocycles. The van der Waals surface area contributed by atoms with Gasteiger partial charge in [0, 0.05) is 6.20 Å². The number of pyridine rings is 1. The third-order valence-corrected chi connectivity index (χ3v) is 3.77. The lowest BCUT2D eigenvalue weighted by atomic mass is 10.2. The van der Waals surface area contributed by atoms with Crippen LogP contribution in [0.4, 0.5) is 5.69 Å². The summed E-state index contributed by atoms with van der Waals surface area (Å²) in [5, 5.41) is 3.49. The number of carbonyl (C=O) groups is 1. The number of amides is 1. The molecule has 0 aliphatic carbocycles. The summed E-state index contributed by atoms with van der Waals surface area (Å²) in [5.41, 5.74) is 1.46. The molecule has 0 atom stereocenters. The second kappa shape index (κ2) is 5.39. The first kappa shape index (κ1) is 13.9. The highest BCUT2D eigenvalue weighted by atomic mass is 35.5. The molecule has 6 heteroatoms. The summed E-state index contributed by atoms with van der Waals surface area (Å²) < 4.78 is 1.85. The Bertz CT molecular complexity index is 822. The normalized spacial score (nSPS) is 10.8. The van der Waals surface area contributed by atoms with Crippen LogP contribution in [0, 0.1) is 6.92 Å². The van der Waals surface area contributed by atoms with Crippen molar-refractivity contribution in [2.45, 2.75) is 6.92 Å². The summed E-state index contributed by atoms with van der Waals surface area (Å²) in [4.78, 5) is 16.8. The van der Waals surface area contributed by atoms with Crippen LogP contribution < -0.4 is 5.32 Å². The Kier molecular flexibility index (Phi) is 3.57. The Balaban J connectivity index is 2.02. The maximum atomic E-state index is 12.4. The van der Waals surface area contributed by atoms with Crippen molar-refractivity contribution in [1.82, 2.24) is 9.38 Å². The molecule has 0 aliphatic rings. The van der Waals surface area contributed by atoms with Crippen LogP contribution in [0.5, 0.6) is 0 Å². The van der Waals surface area contributed by atoms with E-state index >= 15 is 0 Å². The molecule has 2 heterocycles. The predicted molar refractivity (Wildman–Crippen MR) is 84.3 cm³/mol. The smallest absolute Gasteiger partial charge is 0.276 e. The van der Waals surface area contributed by atoms with Gasteiger partial charge in [0.05, 0.1) is 21.2 Å². The van der Waals surface area contributed by atoms with Crippen LogP contribution in [0.1, 0.15) is 16.3 Å². The highest BCUT2D eigenvalue weighted by Crippen LogP contribution is 2.30. The maximum Gasteiger partial charge on any atom is 0.276 e. The number of nitrogens with one attached hydrogen (secondary N) is 1. The van der Waals surface area contributed by atoms with E-state index in [9.17, 15) is 4.79 Å². The van der Waals surface area contributed by atoms with E-state index in [1.165, 1.54) is 0 Å². The fraction of sp³-hybridized carbons (Fsp3) is 0.0667. The standard InChI is InChI=1S/C15H11Cl2N3O/c1-9-18-14(12-7-2-3-8-20(9)12)15(21)19-13-10(16)5-4-6-11(13)17/h2-8H,1H3,(H,19,21). The fourth-order valence-electron chi connectivity index (χ4n) is 2.15. The van der Waals surface area contributed by atoms with Crippen molar-refractivity contribution >= 4 is 40.3 Å². The Morgan fingerprint density at radius 2 is 1.86 bits per heavy atom. The lowest BCUT2D eigenvalue weighted by Gasteiger charge is -2.07. The van der Waals surface area contributed by atoms with Gasteiger partial charge in [-0.3, -0.25) is 4.79 Å². The van der Waals surface area contributed by atoms with Crippen LogP contribution in [-0.4, -0.2) is 15.3 Å². The summed E-state index contributed by atoms with van der Waals surface area (Å²) in [5.74, 6) is 0.391. The number of aromatic nitrogens is 2. The van der Waals surface area contributed by atoms with E-state index in [1.54, 1.807) is 18.2 Å². The Labute approximate surface area is 131 Å². The van der Waals surface area contributed by atoms with Gasteiger partial charge in [-0.15, -0.1) is 0 Å².